The van der Waals surface area contributed by atoms with Gasteiger partial charge in [0.2, 0.25) is 0 Å². The second-order valence-electron chi connectivity index (χ2n) is 5.93. The van der Waals surface area contributed by atoms with Crippen molar-refractivity contribution < 1.29 is 5.11 Å². The molecule has 2 atom stereocenters. The van der Waals surface area contributed by atoms with Crippen molar-refractivity contribution in [3.05, 3.63) is 59.2 Å². The molecule has 2 N–H and O–H groups in total. The third-order valence-electron chi connectivity index (χ3n) is 4.52. The maximum atomic E-state index is 9.33. The molecule has 3 rings (SSSR count). The van der Waals surface area contributed by atoms with E-state index < -0.39 is 0 Å². The number of nitrogens with one attached hydrogen (secondary N) is 1. The van der Waals surface area contributed by atoms with Crippen molar-refractivity contribution in [3.63, 3.8) is 0 Å². The summed E-state index contributed by atoms with van der Waals surface area (Å²) in [7, 11) is 0. The van der Waals surface area contributed by atoms with Gasteiger partial charge in [-0.05, 0) is 47.6 Å². The molecule has 0 fully saturated rings. The van der Waals surface area contributed by atoms with Crippen molar-refractivity contribution in [1.29, 1.82) is 0 Å². The summed E-state index contributed by atoms with van der Waals surface area (Å²) in [4.78, 5) is 0. The number of aliphatic hydroxyl groups is 1. The van der Waals surface area contributed by atoms with Crippen LogP contribution in [0.15, 0.2) is 42.5 Å². The van der Waals surface area contributed by atoms with Gasteiger partial charge in [-0.1, -0.05) is 49.4 Å². The Morgan fingerprint density at radius 1 is 1.10 bits per heavy atom. The Hall–Kier alpha value is -1.64. The first-order valence-electron chi connectivity index (χ1n) is 7.81. The smallest absolute Gasteiger partial charge is 0.0584 e. The summed E-state index contributed by atoms with van der Waals surface area (Å²) in [5.74, 6) is 0. The van der Waals surface area contributed by atoms with Crippen LogP contribution in [-0.2, 0) is 6.42 Å². The molecule has 2 aromatic rings. The highest BCUT2D eigenvalue weighted by Gasteiger charge is 2.19. The highest BCUT2D eigenvalue weighted by Crippen LogP contribution is 2.37. The molecule has 2 heteroatoms. The monoisotopic (exact) mass is 281 g/mol. The van der Waals surface area contributed by atoms with Gasteiger partial charge in [0, 0.05) is 12.1 Å². The first-order chi connectivity index (χ1) is 10.2. The number of rotatable bonds is 5. The SMILES string of the molecule is CC[C@@H](CO)NC(C)c1ccc2c(c1)Cc1ccccc1-2. The minimum absolute atomic E-state index is 0.172. The van der Waals surface area contributed by atoms with Gasteiger partial charge in [-0.25, -0.2) is 0 Å². The number of benzene rings is 2. The third-order valence-corrected chi connectivity index (χ3v) is 4.52. The maximum Gasteiger partial charge on any atom is 0.0584 e. The molecule has 0 heterocycles. The maximum absolute atomic E-state index is 9.33. The standard InChI is InChI=1S/C19H23NO/c1-3-17(12-21)20-13(2)14-8-9-19-16(10-14)11-15-6-4-5-7-18(15)19/h4-10,13,17,20-21H,3,11-12H2,1-2H3/t13?,17-/m0/s1. The second-order valence-corrected chi connectivity index (χ2v) is 5.93. The van der Waals surface area contributed by atoms with Crippen LogP contribution in [-0.4, -0.2) is 17.8 Å². The summed E-state index contributed by atoms with van der Waals surface area (Å²) in [5.41, 5.74) is 6.89. The summed E-state index contributed by atoms with van der Waals surface area (Å²) < 4.78 is 0. The molecule has 0 spiro atoms. The van der Waals surface area contributed by atoms with Crippen molar-refractivity contribution >= 4 is 0 Å². The second kappa shape index (κ2) is 6.00. The van der Waals surface area contributed by atoms with Crippen LogP contribution >= 0.6 is 0 Å². The van der Waals surface area contributed by atoms with E-state index in [0.29, 0.717) is 0 Å². The molecule has 21 heavy (non-hydrogen) atoms. The van der Waals surface area contributed by atoms with Crippen LogP contribution in [0.5, 0.6) is 0 Å². The fourth-order valence-electron chi connectivity index (χ4n) is 3.18. The molecule has 0 aliphatic heterocycles. The van der Waals surface area contributed by atoms with Crippen LogP contribution in [0.25, 0.3) is 11.1 Å². The predicted molar refractivity (Wildman–Crippen MR) is 87.4 cm³/mol. The van der Waals surface area contributed by atoms with Crippen LogP contribution in [0, 0.1) is 0 Å². The molecule has 1 aliphatic rings. The van der Waals surface area contributed by atoms with Gasteiger partial charge in [-0.15, -0.1) is 0 Å². The Labute approximate surface area is 126 Å². The van der Waals surface area contributed by atoms with E-state index >= 15 is 0 Å². The summed E-state index contributed by atoms with van der Waals surface area (Å²) >= 11 is 0. The number of hydrogen-bond acceptors (Lipinski definition) is 2. The molecule has 1 aliphatic carbocycles. The lowest BCUT2D eigenvalue weighted by Gasteiger charge is -2.21. The van der Waals surface area contributed by atoms with Gasteiger partial charge in [0.1, 0.15) is 0 Å². The number of fused-ring (bicyclic) bond motifs is 3. The summed E-state index contributed by atoms with van der Waals surface area (Å²) in [6.07, 6.45) is 1.97. The highest BCUT2D eigenvalue weighted by molar-refractivity contribution is 5.76. The zero-order chi connectivity index (χ0) is 14.8. The molecular weight excluding hydrogens is 258 g/mol. The predicted octanol–water partition coefficient (Wildman–Crippen LogP) is 3.68. The number of aliphatic hydroxyl groups excluding tert-OH is 1. The number of hydrogen-bond donors (Lipinski definition) is 2. The van der Waals surface area contributed by atoms with Crippen LogP contribution < -0.4 is 5.32 Å². The fraction of sp³-hybridized carbons (Fsp3) is 0.368. The third kappa shape index (κ3) is 2.74. The zero-order valence-electron chi connectivity index (χ0n) is 12.8. The van der Waals surface area contributed by atoms with Gasteiger partial charge in [0.05, 0.1) is 6.61 Å². The molecule has 2 nitrogen and oxygen atoms in total. The molecule has 0 saturated carbocycles. The van der Waals surface area contributed by atoms with Gasteiger partial charge in [-0.2, -0.15) is 0 Å². The normalized spacial score (nSPS) is 15.4. The van der Waals surface area contributed by atoms with E-state index in [1.807, 2.05) is 0 Å². The largest absolute Gasteiger partial charge is 0.395 e. The van der Waals surface area contributed by atoms with Gasteiger partial charge in [-0.3, -0.25) is 0 Å². The Balaban J connectivity index is 1.83. The fourth-order valence-corrected chi connectivity index (χ4v) is 3.18. The average molecular weight is 281 g/mol. The molecule has 1 unspecified atom stereocenters. The molecule has 0 aromatic heterocycles. The summed E-state index contributed by atoms with van der Waals surface area (Å²) in [5, 5.41) is 12.8. The molecule has 2 aromatic carbocycles. The summed E-state index contributed by atoms with van der Waals surface area (Å²) in [6, 6.07) is 15.9. The van der Waals surface area contributed by atoms with Crippen LogP contribution in [0.1, 0.15) is 43.0 Å². The van der Waals surface area contributed by atoms with E-state index in [0.717, 1.165) is 12.8 Å². The van der Waals surface area contributed by atoms with Crippen molar-refractivity contribution in [1.82, 2.24) is 5.32 Å². The van der Waals surface area contributed by atoms with E-state index in [-0.39, 0.29) is 18.7 Å². The van der Waals surface area contributed by atoms with Gasteiger partial charge >= 0.3 is 0 Å². The highest BCUT2D eigenvalue weighted by atomic mass is 16.3. The lowest BCUT2D eigenvalue weighted by Crippen LogP contribution is -2.33. The Kier molecular flexibility index (Phi) is 4.09. The van der Waals surface area contributed by atoms with E-state index in [2.05, 4.69) is 61.6 Å². The lowest BCUT2D eigenvalue weighted by atomic mass is 9.99. The zero-order valence-corrected chi connectivity index (χ0v) is 12.8. The first-order valence-corrected chi connectivity index (χ1v) is 7.81. The average Bonchev–Trinajstić information content (AvgIpc) is 2.89. The Bertz CT molecular complexity index is 631. The Morgan fingerprint density at radius 2 is 1.86 bits per heavy atom. The van der Waals surface area contributed by atoms with Crippen molar-refractivity contribution in [2.75, 3.05) is 6.61 Å². The van der Waals surface area contributed by atoms with Crippen molar-refractivity contribution in [2.24, 2.45) is 0 Å². The van der Waals surface area contributed by atoms with Gasteiger partial charge in [0.15, 0.2) is 0 Å². The van der Waals surface area contributed by atoms with Crippen LogP contribution in [0.2, 0.25) is 0 Å². The van der Waals surface area contributed by atoms with E-state index in [1.54, 1.807) is 0 Å². The lowest BCUT2D eigenvalue weighted by molar-refractivity contribution is 0.230. The van der Waals surface area contributed by atoms with E-state index in [9.17, 15) is 5.11 Å². The van der Waals surface area contributed by atoms with Crippen molar-refractivity contribution in [2.45, 2.75) is 38.8 Å². The molecule has 110 valence electrons. The minimum Gasteiger partial charge on any atom is -0.395 e. The molecule has 0 saturated heterocycles. The summed E-state index contributed by atoms with van der Waals surface area (Å²) in [6.45, 7) is 4.46. The van der Waals surface area contributed by atoms with Crippen LogP contribution in [0.4, 0.5) is 0 Å². The van der Waals surface area contributed by atoms with Crippen molar-refractivity contribution in [3.8, 4) is 11.1 Å². The van der Waals surface area contributed by atoms with Crippen LogP contribution in [0.3, 0.4) is 0 Å². The molecule has 0 bridgehead atoms. The topological polar surface area (TPSA) is 32.3 Å². The molecular formula is C19H23NO. The first kappa shape index (κ1) is 14.3. The van der Waals surface area contributed by atoms with Gasteiger partial charge in [0.25, 0.3) is 0 Å². The van der Waals surface area contributed by atoms with E-state index in [1.165, 1.54) is 27.8 Å². The minimum atomic E-state index is 0.172. The molecule has 0 radical (unpaired) electrons. The molecule has 0 amide bonds. The van der Waals surface area contributed by atoms with Gasteiger partial charge < -0.3 is 10.4 Å². The Morgan fingerprint density at radius 3 is 2.62 bits per heavy atom. The quantitative estimate of drug-likeness (QED) is 0.747. The van der Waals surface area contributed by atoms with E-state index in [4.69, 9.17) is 0 Å².